The van der Waals surface area contributed by atoms with Crippen LogP contribution in [-0.2, 0) is 5.41 Å². The van der Waals surface area contributed by atoms with Gasteiger partial charge in [0, 0.05) is 22.2 Å². The lowest BCUT2D eigenvalue weighted by Gasteiger charge is -2.17. The van der Waals surface area contributed by atoms with Gasteiger partial charge in [0.25, 0.3) is 0 Å². The standard InChI is InChI=1S/C15H20N2/c1-10(2)12-8-6-11-7-9-13(15(3,4)5)17-14(11)16-12/h6-10H,1-5H3. The van der Waals surface area contributed by atoms with Crippen LogP contribution >= 0.6 is 0 Å². The molecule has 2 nitrogen and oxygen atoms in total. The van der Waals surface area contributed by atoms with E-state index in [2.05, 4.69) is 68.9 Å². The molecule has 0 bridgehead atoms. The first kappa shape index (κ1) is 12.0. The summed E-state index contributed by atoms with van der Waals surface area (Å²) >= 11 is 0. The third-order valence-corrected chi connectivity index (χ3v) is 2.93. The van der Waals surface area contributed by atoms with Crippen LogP contribution in [0.5, 0.6) is 0 Å². The van der Waals surface area contributed by atoms with E-state index in [-0.39, 0.29) is 5.41 Å². The molecule has 0 amide bonds. The van der Waals surface area contributed by atoms with E-state index in [4.69, 9.17) is 0 Å². The Hall–Kier alpha value is -1.44. The molecule has 0 radical (unpaired) electrons. The zero-order chi connectivity index (χ0) is 12.6. The molecule has 0 unspecified atom stereocenters. The number of nitrogens with zero attached hydrogens (tertiary/aromatic N) is 2. The van der Waals surface area contributed by atoms with Gasteiger partial charge in [-0.25, -0.2) is 9.97 Å². The van der Waals surface area contributed by atoms with Crippen molar-refractivity contribution in [1.82, 2.24) is 9.97 Å². The van der Waals surface area contributed by atoms with Gasteiger partial charge in [0.2, 0.25) is 0 Å². The first-order valence-electron chi connectivity index (χ1n) is 6.16. The van der Waals surface area contributed by atoms with Crippen LogP contribution < -0.4 is 0 Å². The van der Waals surface area contributed by atoms with Crippen molar-refractivity contribution in [3.05, 3.63) is 35.7 Å². The van der Waals surface area contributed by atoms with E-state index in [9.17, 15) is 0 Å². The van der Waals surface area contributed by atoms with E-state index in [0.29, 0.717) is 5.92 Å². The molecule has 0 N–H and O–H groups in total. The van der Waals surface area contributed by atoms with E-state index in [0.717, 1.165) is 22.4 Å². The molecule has 2 aromatic heterocycles. The summed E-state index contributed by atoms with van der Waals surface area (Å²) in [6, 6.07) is 8.40. The molecular weight excluding hydrogens is 208 g/mol. The fraction of sp³-hybridized carbons (Fsp3) is 0.467. The first-order valence-corrected chi connectivity index (χ1v) is 6.16. The molecule has 0 aromatic carbocycles. The van der Waals surface area contributed by atoms with Crippen LogP contribution in [0.2, 0.25) is 0 Å². The topological polar surface area (TPSA) is 25.8 Å². The number of pyridine rings is 2. The van der Waals surface area contributed by atoms with Gasteiger partial charge in [-0.3, -0.25) is 0 Å². The fourth-order valence-electron chi connectivity index (χ4n) is 1.75. The van der Waals surface area contributed by atoms with Gasteiger partial charge in [-0.1, -0.05) is 34.6 Å². The van der Waals surface area contributed by atoms with E-state index >= 15 is 0 Å². The van der Waals surface area contributed by atoms with Gasteiger partial charge in [-0.2, -0.15) is 0 Å². The van der Waals surface area contributed by atoms with Gasteiger partial charge < -0.3 is 0 Å². The van der Waals surface area contributed by atoms with Crippen molar-refractivity contribution in [2.75, 3.05) is 0 Å². The van der Waals surface area contributed by atoms with E-state index < -0.39 is 0 Å². The zero-order valence-corrected chi connectivity index (χ0v) is 11.3. The van der Waals surface area contributed by atoms with Crippen LogP contribution in [0.15, 0.2) is 24.3 Å². The normalized spacial score (nSPS) is 12.4. The summed E-state index contributed by atoms with van der Waals surface area (Å²) in [4.78, 5) is 9.32. The van der Waals surface area contributed by atoms with Gasteiger partial charge in [-0.15, -0.1) is 0 Å². The number of rotatable bonds is 1. The largest absolute Gasteiger partial charge is 0.233 e. The highest BCUT2D eigenvalue weighted by Gasteiger charge is 2.16. The molecule has 2 heterocycles. The lowest BCUT2D eigenvalue weighted by molar-refractivity contribution is 0.571. The zero-order valence-electron chi connectivity index (χ0n) is 11.3. The minimum Gasteiger partial charge on any atom is -0.233 e. The Bertz CT molecular complexity index is 536. The van der Waals surface area contributed by atoms with E-state index in [1.165, 1.54) is 0 Å². The summed E-state index contributed by atoms with van der Waals surface area (Å²) in [6.07, 6.45) is 0. The van der Waals surface area contributed by atoms with E-state index in [1.807, 2.05) is 0 Å². The Labute approximate surface area is 103 Å². The van der Waals surface area contributed by atoms with Crippen LogP contribution in [0.4, 0.5) is 0 Å². The van der Waals surface area contributed by atoms with Crippen molar-refractivity contribution in [1.29, 1.82) is 0 Å². The molecule has 0 spiro atoms. The number of fused-ring (bicyclic) bond motifs is 1. The Kier molecular flexibility index (Phi) is 2.90. The maximum absolute atomic E-state index is 4.68. The first-order chi connectivity index (χ1) is 7.88. The Balaban J connectivity index is 2.59. The highest BCUT2D eigenvalue weighted by atomic mass is 14.9. The Morgan fingerprint density at radius 2 is 1.59 bits per heavy atom. The lowest BCUT2D eigenvalue weighted by Crippen LogP contribution is -2.13. The van der Waals surface area contributed by atoms with Gasteiger partial charge in [-0.05, 0) is 30.2 Å². The molecule has 0 aliphatic carbocycles. The third-order valence-electron chi connectivity index (χ3n) is 2.93. The highest BCUT2D eigenvalue weighted by molar-refractivity contribution is 5.75. The number of hydrogen-bond acceptors (Lipinski definition) is 2. The molecule has 17 heavy (non-hydrogen) atoms. The predicted octanol–water partition coefficient (Wildman–Crippen LogP) is 4.05. The average Bonchev–Trinajstić information content (AvgIpc) is 2.26. The second-order valence-corrected chi connectivity index (χ2v) is 5.88. The van der Waals surface area contributed by atoms with Crippen LogP contribution in [-0.4, -0.2) is 9.97 Å². The summed E-state index contributed by atoms with van der Waals surface area (Å²) in [6.45, 7) is 10.8. The monoisotopic (exact) mass is 228 g/mol. The van der Waals surface area contributed by atoms with Crippen molar-refractivity contribution in [3.8, 4) is 0 Å². The lowest BCUT2D eigenvalue weighted by atomic mass is 9.91. The molecule has 0 aliphatic rings. The van der Waals surface area contributed by atoms with Gasteiger partial charge in [0.15, 0.2) is 5.65 Å². The van der Waals surface area contributed by atoms with Crippen molar-refractivity contribution < 1.29 is 0 Å². The van der Waals surface area contributed by atoms with Crippen LogP contribution in [0.1, 0.15) is 51.9 Å². The van der Waals surface area contributed by atoms with Crippen molar-refractivity contribution >= 4 is 11.0 Å². The maximum Gasteiger partial charge on any atom is 0.159 e. The molecule has 2 heteroatoms. The van der Waals surface area contributed by atoms with Gasteiger partial charge in [0.05, 0.1) is 0 Å². The summed E-state index contributed by atoms with van der Waals surface area (Å²) in [5.41, 5.74) is 3.14. The van der Waals surface area contributed by atoms with Crippen LogP contribution in [0.25, 0.3) is 11.0 Å². The summed E-state index contributed by atoms with van der Waals surface area (Å²) in [5, 5.41) is 1.11. The summed E-state index contributed by atoms with van der Waals surface area (Å²) < 4.78 is 0. The molecule has 0 saturated carbocycles. The van der Waals surface area contributed by atoms with Crippen molar-refractivity contribution in [2.45, 2.75) is 46.0 Å². The third kappa shape index (κ3) is 2.46. The minimum absolute atomic E-state index is 0.0731. The predicted molar refractivity (Wildman–Crippen MR) is 72.3 cm³/mol. The van der Waals surface area contributed by atoms with Crippen molar-refractivity contribution in [3.63, 3.8) is 0 Å². The molecular formula is C15H20N2. The number of aromatic nitrogens is 2. The highest BCUT2D eigenvalue weighted by Crippen LogP contribution is 2.23. The number of hydrogen-bond donors (Lipinski definition) is 0. The van der Waals surface area contributed by atoms with Gasteiger partial charge >= 0.3 is 0 Å². The van der Waals surface area contributed by atoms with E-state index in [1.54, 1.807) is 0 Å². The van der Waals surface area contributed by atoms with Gasteiger partial charge in [0.1, 0.15) is 0 Å². The summed E-state index contributed by atoms with van der Waals surface area (Å²) in [7, 11) is 0. The SMILES string of the molecule is CC(C)c1ccc2ccc(C(C)(C)C)nc2n1. The molecule has 0 atom stereocenters. The molecule has 0 aliphatic heterocycles. The Morgan fingerprint density at radius 3 is 2.18 bits per heavy atom. The molecule has 2 rings (SSSR count). The Morgan fingerprint density at radius 1 is 0.941 bits per heavy atom. The molecule has 90 valence electrons. The fourth-order valence-corrected chi connectivity index (χ4v) is 1.75. The minimum atomic E-state index is 0.0731. The quantitative estimate of drug-likeness (QED) is 0.736. The van der Waals surface area contributed by atoms with Crippen LogP contribution in [0.3, 0.4) is 0 Å². The smallest absolute Gasteiger partial charge is 0.159 e. The molecule has 2 aromatic rings. The molecule has 0 saturated heterocycles. The average molecular weight is 228 g/mol. The molecule has 0 fully saturated rings. The second kappa shape index (κ2) is 4.10. The maximum atomic E-state index is 4.68. The second-order valence-electron chi connectivity index (χ2n) is 5.88. The van der Waals surface area contributed by atoms with Crippen LogP contribution in [0, 0.1) is 0 Å². The summed E-state index contributed by atoms with van der Waals surface area (Å²) in [5.74, 6) is 0.444. The van der Waals surface area contributed by atoms with Crippen molar-refractivity contribution in [2.24, 2.45) is 0 Å².